The van der Waals surface area contributed by atoms with E-state index in [1.54, 1.807) is 11.8 Å². The molecule has 1 aromatic carbocycles. The van der Waals surface area contributed by atoms with E-state index in [4.69, 9.17) is 15.2 Å². The van der Waals surface area contributed by atoms with Crippen molar-refractivity contribution < 1.29 is 19.1 Å². The van der Waals surface area contributed by atoms with Gasteiger partial charge in [0.05, 0.1) is 12.6 Å². The lowest BCUT2D eigenvalue weighted by Crippen LogP contribution is -2.31. The molecule has 2 aromatic rings. The van der Waals surface area contributed by atoms with E-state index in [1.807, 2.05) is 30.3 Å². The Bertz CT molecular complexity index is 778. The van der Waals surface area contributed by atoms with Crippen LogP contribution in [-0.2, 0) is 16.1 Å². The van der Waals surface area contributed by atoms with Crippen molar-refractivity contribution in [3.63, 3.8) is 0 Å². The van der Waals surface area contributed by atoms with E-state index in [-0.39, 0.29) is 31.0 Å². The van der Waals surface area contributed by atoms with E-state index in [0.717, 1.165) is 18.4 Å². The molecule has 0 spiro atoms. The van der Waals surface area contributed by atoms with Gasteiger partial charge in [-0.2, -0.15) is 0 Å². The molecule has 0 saturated carbocycles. The number of benzene rings is 1. The molecule has 1 atom stereocenters. The van der Waals surface area contributed by atoms with Gasteiger partial charge in [-0.15, -0.1) is 0 Å². The molecule has 0 bridgehead atoms. The minimum atomic E-state index is -0.538. The topological polar surface area (TPSA) is 94.8 Å². The number of anilines is 1. The van der Waals surface area contributed by atoms with Crippen molar-refractivity contribution in [1.82, 2.24) is 9.88 Å². The zero-order valence-electron chi connectivity index (χ0n) is 14.5. The number of ether oxygens (including phenoxy) is 2. The molecule has 1 saturated heterocycles. The van der Waals surface area contributed by atoms with Gasteiger partial charge in [0.15, 0.2) is 5.69 Å². The molecule has 1 aliphatic rings. The molecule has 7 nitrogen and oxygen atoms in total. The summed E-state index contributed by atoms with van der Waals surface area (Å²) in [5.41, 5.74) is 6.97. The van der Waals surface area contributed by atoms with Crippen molar-refractivity contribution in [3.8, 4) is 0 Å². The van der Waals surface area contributed by atoms with Gasteiger partial charge in [0.2, 0.25) is 0 Å². The highest BCUT2D eigenvalue weighted by molar-refractivity contribution is 7.16. The zero-order valence-corrected chi connectivity index (χ0v) is 15.3. The Hall–Kier alpha value is -2.61. The molecule has 0 radical (unpaired) electrons. The fraction of sp³-hybridized carbons (Fsp3) is 0.389. The van der Waals surface area contributed by atoms with Gasteiger partial charge in [0.1, 0.15) is 16.6 Å². The number of hydrogen-bond donors (Lipinski definition) is 1. The lowest BCUT2D eigenvalue weighted by Gasteiger charge is -2.22. The number of likely N-dealkylation sites (tertiary alicyclic amines) is 1. The Labute approximate surface area is 155 Å². The highest BCUT2D eigenvalue weighted by Gasteiger charge is 2.34. The van der Waals surface area contributed by atoms with Crippen LogP contribution in [0.15, 0.2) is 30.3 Å². The quantitative estimate of drug-likeness (QED) is 0.805. The second kappa shape index (κ2) is 8.18. The molecule has 1 amide bonds. The number of nitrogen functional groups attached to an aromatic ring is 1. The molecule has 2 N–H and O–H groups in total. The Morgan fingerprint density at radius 3 is 2.81 bits per heavy atom. The van der Waals surface area contributed by atoms with E-state index in [1.165, 1.54) is 11.3 Å². The van der Waals surface area contributed by atoms with Gasteiger partial charge in [0.25, 0.3) is 0 Å². The monoisotopic (exact) mass is 375 g/mol. The molecule has 8 heteroatoms. The largest absolute Gasteiger partial charge is 0.461 e. The van der Waals surface area contributed by atoms with Gasteiger partial charge in [-0.25, -0.2) is 14.6 Å². The average molecular weight is 375 g/mol. The van der Waals surface area contributed by atoms with Crippen LogP contribution in [0.2, 0.25) is 0 Å². The highest BCUT2D eigenvalue weighted by Crippen LogP contribution is 2.37. The van der Waals surface area contributed by atoms with Gasteiger partial charge in [-0.1, -0.05) is 41.7 Å². The van der Waals surface area contributed by atoms with Gasteiger partial charge < -0.3 is 15.2 Å². The van der Waals surface area contributed by atoms with Crippen molar-refractivity contribution in [2.45, 2.75) is 32.4 Å². The third-order valence-electron chi connectivity index (χ3n) is 4.12. The average Bonchev–Trinajstić information content (AvgIpc) is 3.27. The summed E-state index contributed by atoms with van der Waals surface area (Å²) >= 11 is 1.22. The van der Waals surface area contributed by atoms with Crippen LogP contribution in [0.1, 0.15) is 46.9 Å². The number of thiazole rings is 1. The van der Waals surface area contributed by atoms with Gasteiger partial charge in [-0.3, -0.25) is 4.90 Å². The van der Waals surface area contributed by atoms with Crippen LogP contribution >= 0.6 is 11.3 Å². The maximum Gasteiger partial charge on any atom is 0.410 e. The Kier molecular flexibility index (Phi) is 5.72. The maximum atomic E-state index is 12.5. The van der Waals surface area contributed by atoms with Crippen molar-refractivity contribution in [2.24, 2.45) is 0 Å². The van der Waals surface area contributed by atoms with E-state index in [0.29, 0.717) is 16.6 Å². The molecular formula is C18H21N3O4S. The molecule has 138 valence electrons. The minimum absolute atomic E-state index is 0.122. The number of carbonyl (C=O) groups is 2. The number of esters is 1. The standard InChI is InChI=1S/C18H21N3O4S/c1-2-24-17(22)14-15(19)26-16(20-14)13-9-6-10-21(13)18(23)25-11-12-7-4-3-5-8-12/h3-5,7-8,13H,2,6,9-11,19H2,1H3/t13-/m1/s1. The Morgan fingerprint density at radius 2 is 2.08 bits per heavy atom. The summed E-state index contributed by atoms with van der Waals surface area (Å²) < 4.78 is 10.4. The first-order valence-corrected chi connectivity index (χ1v) is 9.32. The molecule has 2 heterocycles. The summed E-state index contributed by atoms with van der Waals surface area (Å²) in [5, 5.41) is 0.947. The Morgan fingerprint density at radius 1 is 1.31 bits per heavy atom. The second-order valence-electron chi connectivity index (χ2n) is 5.88. The van der Waals surface area contributed by atoms with Crippen molar-refractivity contribution in [3.05, 3.63) is 46.6 Å². The summed E-state index contributed by atoms with van der Waals surface area (Å²) in [4.78, 5) is 30.4. The number of carbonyl (C=O) groups excluding carboxylic acids is 2. The maximum absolute atomic E-state index is 12.5. The Balaban J connectivity index is 1.69. The van der Waals surface area contributed by atoms with Crippen molar-refractivity contribution in [2.75, 3.05) is 18.9 Å². The smallest absolute Gasteiger partial charge is 0.410 e. The SMILES string of the molecule is CCOC(=O)c1nc([C@H]2CCCN2C(=O)OCc2ccccc2)sc1N. The van der Waals surface area contributed by atoms with Crippen LogP contribution in [-0.4, -0.2) is 35.1 Å². The molecule has 1 fully saturated rings. The van der Waals surface area contributed by atoms with Crippen LogP contribution in [0.3, 0.4) is 0 Å². The van der Waals surface area contributed by atoms with Crippen LogP contribution in [0, 0.1) is 0 Å². The van der Waals surface area contributed by atoms with Gasteiger partial charge in [-0.05, 0) is 25.3 Å². The first-order valence-electron chi connectivity index (χ1n) is 8.50. The van der Waals surface area contributed by atoms with Crippen LogP contribution in [0.25, 0.3) is 0 Å². The normalized spacial score (nSPS) is 16.5. The fourth-order valence-electron chi connectivity index (χ4n) is 2.88. The number of nitrogens with zero attached hydrogens (tertiary/aromatic N) is 2. The van der Waals surface area contributed by atoms with Crippen molar-refractivity contribution in [1.29, 1.82) is 0 Å². The number of aromatic nitrogens is 1. The van der Waals surface area contributed by atoms with Crippen LogP contribution < -0.4 is 5.73 Å². The summed E-state index contributed by atoms with van der Waals surface area (Å²) in [6.45, 7) is 2.79. The zero-order chi connectivity index (χ0) is 18.5. The summed E-state index contributed by atoms with van der Waals surface area (Å²) in [6, 6.07) is 9.29. The lowest BCUT2D eigenvalue weighted by atomic mass is 10.2. The molecule has 0 aliphatic carbocycles. The molecule has 3 rings (SSSR count). The molecule has 1 aromatic heterocycles. The highest BCUT2D eigenvalue weighted by atomic mass is 32.1. The van der Waals surface area contributed by atoms with E-state index < -0.39 is 5.97 Å². The van der Waals surface area contributed by atoms with E-state index in [9.17, 15) is 9.59 Å². The first kappa shape index (κ1) is 18.2. The number of amides is 1. The predicted molar refractivity (Wildman–Crippen MR) is 97.8 cm³/mol. The van der Waals surface area contributed by atoms with Crippen LogP contribution in [0.5, 0.6) is 0 Å². The lowest BCUT2D eigenvalue weighted by molar-refractivity contribution is 0.0521. The fourth-order valence-corrected chi connectivity index (χ4v) is 3.85. The van der Waals surface area contributed by atoms with Crippen molar-refractivity contribution >= 4 is 28.4 Å². The number of hydrogen-bond acceptors (Lipinski definition) is 7. The summed E-state index contributed by atoms with van der Waals surface area (Å²) in [7, 11) is 0. The van der Waals surface area contributed by atoms with E-state index >= 15 is 0 Å². The van der Waals surface area contributed by atoms with Crippen LogP contribution in [0.4, 0.5) is 9.80 Å². The molecule has 0 unspecified atom stereocenters. The third kappa shape index (κ3) is 3.96. The molecular weight excluding hydrogens is 354 g/mol. The summed E-state index contributed by atoms with van der Waals surface area (Å²) in [5.74, 6) is -0.538. The number of nitrogens with two attached hydrogens (primary N) is 1. The van der Waals surface area contributed by atoms with E-state index in [2.05, 4.69) is 4.98 Å². The predicted octanol–water partition coefficient (Wildman–Crippen LogP) is 3.38. The third-order valence-corrected chi connectivity index (χ3v) is 5.10. The summed E-state index contributed by atoms with van der Waals surface area (Å²) in [6.07, 6.45) is 1.22. The van der Waals surface area contributed by atoms with Gasteiger partial charge >= 0.3 is 12.1 Å². The number of rotatable bonds is 5. The first-order chi connectivity index (χ1) is 12.6. The second-order valence-corrected chi connectivity index (χ2v) is 6.94. The molecule has 26 heavy (non-hydrogen) atoms. The minimum Gasteiger partial charge on any atom is -0.461 e. The van der Waals surface area contributed by atoms with Gasteiger partial charge in [0, 0.05) is 6.54 Å². The molecule has 1 aliphatic heterocycles.